The Hall–Kier alpha value is -1.89. The molecule has 8 heteroatoms. The topological polar surface area (TPSA) is 72.5 Å². The highest BCUT2D eigenvalue weighted by Gasteiger charge is 2.13. The summed E-state index contributed by atoms with van der Waals surface area (Å²) in [5, 5.41) is 3.20. The molecule has 0 aliphatic heterocycles. The van der Waals surface area contributed by atoms with Crippen molar-refractivity contribution in [2.24, 2.45) is 0 Å². The molecule has 1 aromatic heterocycles. The second-order valence-corrected chi connectivity index (χ2v) is 7.25. The van der Waals surface area contributed by atoms with Crippen LogP contribution in [0, 0.1) is 0 Å². The van der Waals surface area contributed by atoms with Gasteiger partial charge in [-0.1, -0.05) is 35.3 Å². The highest BCUT2D eigenvalue weighted by atomic mass is 35.5. The summed E-state index contributed by atoms with van der Waals surface area (Å²) in [5.74, 6) is -1.21. The van der Waals surface area contributed by atoms with Crippen molar-refractivity contribution < 1.29 is 19.1 Å². The Bertz CT molecular complexity index is 776. The zero-order chi connectivity index (χ0) is 18.2. The van der Waals surface area contributed by atoms with Crippen molar-refractivity contribution in [3.63, 3.8) is 0 Å². The number of thiophene rings is 1. The van der Waals surface area contributed by atoms with Crippen LogP contribution in [0.2, 0.25) is 9.36 Å². The van der Waals surface area contributed by atoms with Gasteiger partial charge < -0.3 is 10.1 Å². The molecule has 1 heterocycles. The molecule has 0 fully saturated rings. The molecule has 0 bridgehead atoms. The third kappa shape index (κ3) is 6.86. The summed E-state index contributed by atoms with van der Waals surface area (Å²) in [7, 11) is 0. The summed E-state index contributed by atoms with van der Waals surface area (Å²) >= 11 is 12.8. The number of rotatable bonds is 8. The normalized spacial score (nSPS) is 10.3. The van der Waals surface area contributed by atoms with Crippen LogP contribution in [0.5, 0.6) is 0 Å². The molecule has 0 saturated heterocycles. The Balaban J connectivity index is 1.65. The molecule has 0 unspecified atom stereocenters. The summed E-state index contributed by atoms with van der Waals surface area (Å²) in [6, 6.07) is 10.3. The third-order valence-electron chi connectivity index (χ3n) is 3.15. The number of esters is 1. The summed E-state index contributed by atoms with van der Waals surface area (Å²) in [6.07, 6.45) is -0.0737. The first-order chi connectivity index (χ1) is 11.9. The Morgan fingerprint density at radius 3 is 2.56 bits per heavy atom. The van der Waals surface area contributed by atoms with E-state index >= 15 is 0 Å². The van der Waals surface area contributed by atoms with E-state index in [4.69, 9.17) is 27.9 Å². The molecule has 0 aliphatic rings. The minimum Gasteiger partial charge on any atom is -0.456 e. The van der Waals surface area contributed by atoms with Crippen molar-refractivity contribution in [3.05, 3.63) is 56.2 Å². The van der Waals surface area contributed by atoms with Gasteiger partial charge in [0.05, 0.1) is 15.6 Å². The van der Waals surface area contributed by atoms with Crippen LogP contribution in [0.1, 0.15) is 28.1 Å². The number of amides is 1. The number of carbonyl (C=O) groups excluding carboxylic acids is 3. The molecule has 2 rings (SSSR count). The summed E-state index contributed by atoms with van der Waals surface area (Å²) in [4.78, 5) is 35.6. The number of benzene rings is 1. The largest absolute Gasteiger partial charge is 0.456 e. The molecule has 1 aromatic carbocycles. The Labute approximate surface area is 158 Å². The minimum absolute atomic E-state index is 0.0137. The van der Waals surface area contributed by atoms with E-state index in [0.29, 0.717) is 14.2 Å². The monoisotopic (exact) mass is 399 g/mol. The highest BCUT2D eigenvalue weighted by Crippen LogP contribution is 2.22. The van der Waals surface area contributed by atoms with E-state index in [2.05, 4.69) is 5.32 Å². The van der Waals surface area contributed by atoms with Gasteiger partial charge in [-0.05, 0) is 29.8 Å². The van der Waals surface area contributed by atoms with Crippen LogP contribution >= 0.6 is 34.5 Å². The van der Waals surface area contributed by atoms with E-state index < -0.39 is 18.5 Å². The maximum Gasteiger partial charge on any atom is 0.306 e. The van der Waals surface area contributed by atoms with E-state index in [0.717, 1.165) is 16.9 Å². The van der Waals surface area contributed by atoms with Gasteiger partial charge in [0.2, 0.25) is 0 Å². The first-order valence-electron chi connectivity index (χ1n) is 7.39. The SMILES string of the molecule is O=C(COC(=O)CCC(=O)c1ccc(Cl)s1)NCc1cccc(Cl)c1. The molecule has 1 N–H and O–H groups in total. The number of ether oxygens (including phenoxy) is 1. The molecule has 2 aromatic rings. The van der Waals surface area contributed by atoms with E-state index in [1.807, 2.05) is 6.07 Å². The van der Waals surface area contributed by atoms with Gasteiger partial charge in [0.25, 0.3) is 5.91 Å². The van der Waals surface area contributed by atoms with Crippen LogP contribution in [0.25, 0.3) is 0 Å². The van der Waals surface area contributed by atoms with Gasteiger partial charge in [-0.2, -0.15) is 0 Å². The van der Waals surface area contributed by atoms with Crippen molar-refractivity contribution in [1.29, 1.82) is 0 Å². The Kier molecular flexibility index (Phi) is 7.43. The van der Waals surface area contributed by atoms with E-state index in [1.54, 1.807) is 30.3 Å². The Morgan fingerprint density at radius 2 is 1.88 bits per heavy atom. The maximum absolute atomic E-state index is 11.8. The van der Waals surface area contributed by atoms with E-state index in [9.17, 15) is 14.4 Å². The number of ketones is 1. The molecular formula is C17H15Cl2NO4S. The van der Waals surface area contributed by atoms with Crippen molar-refractivity contribution in [2.75, 3.05) is 6.61 Å². The number of nitrogens with one attached hydrogen (secondary N) is 1. The molecule has 1 amide bonds. The lowest BCUT2D eigenvalue weighted by Gasteiger charge is -2.07. The lowest BCUT2D eigenvalue weighted by atomic mass is 10.2. The third-order valence-corrected chi connectivity index (χ3v) is 4.65. The fourth-order valence-electron chi connectivity index (χ4n) is 1.92. The van der Waals surface area contributed by atoms with Crippen molar-refractivity contribution >= 4 is 52.2 Å². The van der Waals surface area contributed by atoms with E-state index in [1.165, 1.54) is 0 Å². The van der Waals surface area contributed by atoms with Gasteiger partial charge in [-0.25, -0.2) is 0 Å². The number of carbonyl (C=O) groups is 3. The van der Waals surface area contributed by atoms with Gasteiger partial charge in [0, 0.05) is 18.0 Å². The fraction of sp³-hybridized carbons (Fsp3) is 0.235. The quantitative estimate of drug-likeness (QED) is 0.539. The van der Waals surface area contributed by atoms with Gasteiger partial charge in [-0.15, -0.1) is 11.3 Å². The average Bonchev–Trinajstić information content (AvgIpc) is 3.02. The van der Waals surface area contributed by atoms with Crippen molar-refractivity contribution in [2.45, 2.75) is 19.4 Å². The molecule has 0 saturated carbocycles. The molecule has 0 radical (unpaired) electrons. The van der Waals surface area contributed by atoms with Crippen LogP contribution in [0.4, 0.5) is 0 Å². The molecule has 25 heavy (non-hydrogen) atoms. The summed E-state index contributed by atoms with van der Waals surface area (Å²) in [6.45, 7) is -0.104. The van der Waals surface area contributed by atoms with Crippen molar-refractivity contribution in [1.82, 2.24) is 5.32 Å². The second-order valence-electron chi connectivity index (χ2n) is 5.09. The number of hydrogen-bond acceptors (Lipinski definition) is 5. The first kappa shape index (κ1) is 19.4. The average molecular weight is 400 g/mol. The summed E-state index contributed by atoms with van der Waals surface area (Å²) in [5.41, 5.74) is 0.840. The second kappa shape index (κ2) is 9.56. The predicted molar refractivity (Wildman–Crippen MR) is 97.2 cm³/mol. The molecular weight excluding hydrogens is 385 g/mol. The zero-order valence-electron chi connectivity index (χ0n) is 13.1. The maximum atomic E-state index is 11.8. The van der Waals surface area contributed by atoms with Gasteiger partial charge in [0.15, 0.2) is 12.4 Å². The van der Waals surface area contributed by atoms with Gasteiger partial charge >= 0.3 is 5.97 Å². The number of halogens is 2. The van der Waals surface area contributed by atoms with Gasteiger partial charge in [-0.3, -0.25) is 14.4 Å². The first-order valence-corrected chi connectivity index (χ1v) is 8.96. The highest BCUT2D eigenvalue weighted by molar-refractivity contribution is 7.18. The smallest absolute Gasteiger partial charge is 0.306 e. The van der Waals surface area contributed by atoms with Crippen LogP contribution in [-0.2, 0) is 20.9 Å². The molecule has 5 nitrogen and oxygen atoms in total. The van der Waals surface area contributed by atoms with Gasteiger partial charge in [0.1, 0.15) is 0 Å². The number of Topliss-reactive ketones (excluding diaryl/α,β-unsaturated/α-hetero) is 1. The number of hydrogen-bond donors (Lipinski definition) is 1. The fourth-order valence-corrected chi connectivity index (χ4v) is 3.14. The molecule has 132 valence electrons. The van der Waals surface area contributed by atoms with Crippen LogP contribution in [0.3, 0.4) is 0 Å². The van der Waals surface area contributed by atoms with Crippen LogP contribution in [0.15, 0.2) is 36.4 Å². The zero-order valence-corrected chi connectivity index (χ0v) is 15.4. The molecule has 0 aliphatic carbocycles. The van der Waals surface area contributed by atoms with Crippen LogP contribution < -0.4 is 5.32 Å². The minimum atomic E-state index is -0.603. The molecule has 0 spiro atoms. The lowest BCUT2D eigenvalue weighted by Crippen LogP contribution is -2.28. The lowest BCUT2D eigenvalue weighted by molar-refractivity contribution is -0.148. The standard InChI is InChI=1S/C17H15Cl2NO4S/c18-12-3-1-2-11(8-12)9-20-16(22)10-24-17(23)7-4-13(21)14-5-6-15(19)25-14/h1-3,5-6,8H,4,7,9-10H2,(H,20,22). The summed E-state index contributed by atoms with van der Waals surface area (Å²) < 4.78 is 5.37. The molecule has 0 atom stereocenters. The van der Waals surface area contributed by atoms with E-state index in [-0.39, 0.29) is 25.2 Å². The predicted octanol–water partition coefficient (Wildman–Crippen LogP) is 3.88. The Morgan fingerprint density at radius 1 is 1.08 bits per heavy atom. The van der Waals surface area contributed by atoms with Crippen LogP contribution in [-0.4, -0.2) is 24.3 Å². The van der Waals surface area contributed by atoms with Crippen molar-refractivity contribution in [3.8, 4) is 0 Å².